The Kier molecular flexibility index (Phi) is 7.23. The van der Waals surface area contributed by atoms with Crippen molar-refractivity contribution in [1.29, 1.82) is 0 Å². The van der Waals surface area contributed by atoms with Crippen LogP contribution in [-0.4, -0.2) is 61.7 Å². The molecule has 0 bridgehead atoms. The Bertz CT molecular complexity index is 1190. The van der Waals surface area contributed by atoms with E-state index >= 15 is 0 Å². The Balaban J connectivity index is 1.85. The number of aliphatic hydroxyl groups excluding tert-OH is 1. The molecule has 11 heteroatoms. The van der Waals surface area contributed by atoms with Gasteiger partial charge in [0, 0.05) is 24.7 Å². The van der Waals surface area contributed by atoms with E-state index in [1.807, 2.05) is 4.90 Å². The Labute approximate surface area is 206 Å². The van der Waals surface area contributed by atoms with E-state index in [0.29, 0.717) is 43.2 Å². The Morgan fingerprint density at radius 2 is 2.03 bits per heavy atom. The number of pyridine rings is 1. The number of primary amides is 1. The quantitative estimate of drug-likeness (QED) is 0.532. The molecular formula is C25H27F3N4O4. The number of hydrogen-bond acceptors (Lipinski definition) is 7. The Morgan fingerprint density at radius 3 is 2.69 bits per heavy atom. The van der Waals surface area contributed by atoms with Crippen LogP contribution in [0.3, 0.4) is 0 Å². The third-order valence-corrected chi connectivity index (χ3v) is 6.15. The fourth-order valence-electron chi connectivity index (χ4n) is 4.24. The number of nitrogens with one attached hydrogen (secondary N) is 1. The second-order valence-electron chi connectivity index (χ2n) is 8.50. The molecule has 1 aromatic carbocycles. The molecule has 0 saturated carbocycles. The van der Waals surface area contributed by atoms with Crippen LogP contribution < -0.4 is 20.7 Å². The second kappa shape index (κ2) is 10.2. The molecule has 2 aromatic rings. The summed E-state index contributed by atoms with van der Waals surface area (Å²) in [6.07, 6.45) is -1.68. The van der Waals surface area contributed by atoms with E-state index in [1.165, 1.54) is 18.2 Å². The standard InChI is InChI=1S/C25H27F3N4O4/c1-16-2-3-19(24(25(26,27)28)15-17(23(29)34)4-5-30-24)14-20(16)18-12-21(32-6-9-35-10-7-32)31-22(13-18)36-11-8-33/h2-5,12-15,30,33H,6-11H2,1H3,(H2,29,34). The molecule has 3 heterocycles. The molecular weight excluding hydrogens is 477 g/mol. The summed E-state index contributed by atoms with van der Waals surface area (Å²) in [6, 6.07) is 7.84. The van der Waals surface area contributed by atoms with E-state index in [0.717, 1.165) is 17.8 Å². The van der Waals surface area contributed by atoms with E-state index in [1.54, 1.807) is 25.1 Å². The number of nitrogens with zero attached hydrogens (tertiary/aromatic N) is 2. The molecule has 0 spiro atoms. The lowest BCUT2D eigenvalue weighted by atomic mass is 9.83. The fourth-order valence-corrected chi connectivity index (χ4v) is 4.24. The number of halogens is 3. The summed E-state index contributed by atoms with van der Waals surface area (Å²) >= 11 is 0. The zero-order valence-electron chi connectivity index (χ0n) is 19.6. The number of amides is 1. The maximum atomic E-state index is 14.5. The van der Waals surface area contributed by atoms with Gasteiger partial charge < -0.3 is 30.5 Å². The van der Waals surface area contributed by atoms with Crippen molar-refractivity contribution in [2.24, 2.45) is 5.73 Å². The Morgan fingerprint density at radius 1 is 1.28 bits per heavy atom. The molecule has 1 amide bonds. The van der Waals surface area contributed by atoms with Crippen molar-refractivity contribution in [1.82, 2.24) is 10.3 Å². The summed E-state index contributed by atoms with van der Waals surface area (Å²) in [5.74, 6) is -0.120. The Hall–Kier alpha value is -3.57. The first-order valence-corrected chi connectivity index (χ1v) is 11.4. The van der Waals surface area contributed by atoms with Crippen LogP contribution in [0.1, 0.15) is 11.1 Å². The van der Waals surface area contributed by atoms with Gasteiger partial charge in [-0.15, -0.1) is 0 Å². The molecule has 8 nitrogen and oxygen atoms in total. The number of aliphatic hydroxyl groups is 1. The first-order chi connectivity index (χ1) is 17.1. The molecule has 1 aromatic heterocycles. The lowest BCUT2D eigenvalue weighted by Crippen LogP contribution is -2.52. The number of rotatable bonds is 7. The number of nitrogens with two attached hydrogens (primary N) is 1. The fraction of sp³-hybridized carbons (Fsp3) is 0.360. The summed E-state index contributed by atoms with van der Waals surface area (Å²) in [5.41, 5.74) is 4.15. The van der Waals surface area contributed by atoms with Crippen molar-refractivity contribution in [3.05, 3.63) is 65.4 Å². The molecule has 4 rings (SSSR count). The van der Waals surface area contributed by atoms with Crippen molar-refractivity contribution in [2.45, 2.75) is 18.6 Å². The number of aryl methyl sites for hydroxylation is 1. The average molecular weight is 505 g/mol. The predicted molar refractivity (Wildman–Crippen MR) is 127 cm³/mol. The first kappa shape index (κ1) is 25.5. The van der Waals surface area contributed by atoms with Gasteiger partial charge in [0.1, 0.15) is 12.4 Å². The van der Waals surface area contributed by atoms with Crippen LogP contribution in [0.25, 0.3) is 11.1 Å². The van der Waals surface area contributed by atoms with Gasteiger partial charge in [0.15, 0.2) is 5.54 Å². The highest BCUT2D eigenvalue weighted by Crippen LogP contribution is 2.44. The lowest BCUT2D eigenvalue weighted by Gasteiger charge is -2.36. The number of aromatic nitrogens is 1. The normalized spacial score (nSPS) is 20.0. The summed E-state index contributed by atoms with van der Waals surface area (Å²) in [7, 11) is 0. The van der Waals surface area contributed by atoms with Crippen LogP contribution in [0, 0.1) is 6.92 Å². The minimum atomic E-state index is -4.78. The first-order valence-electron chi connectivity index (χ1n) is 11.4. The largest absolute Gasteiger partial charge is 0.475 e. The highest BCUT2D eigenvalue weighted by atomic mass is 19.4. The summed E-state index contributed by atoms with van der Waals surface area (Å²) in [6.45, 7) is 3.85. The number of dihydropyridines is 1. The van der Waals surface area contributed by atoms with Crippen LogP contribution in [-0.2, 0) is 15.1 Å². The van der Waals surface area contributed by atoms with Gasteiger partial charge in [-0.2, -0.15) is 18.2 Å². The minimum absolute atomic E-state index is 0.0200. The van der Waals surface area contributed by atoms with E-state index < -0.39 is 17.6 Å². The van der Waals surface area contributed by atoms with Crippen LogP contribution in [0.5, 0.6) is 5.88 Å². The van der Waals surface area contributed by atoms with Gasteiger partial charge in [-0.3, -0.25) is 4.79 Å². The summed E-state index contributed by atoms with van der Waals surface area (Å²) < 4.78 is 54.5. The van der Waals surface area contributed by atoms with E-state index in [2.05, 4.69) is 10.3 Å². The summed E-state index contributed by atoms with van der Waals surface area (Å²) in [4.78, 5) is 18.2. The zero-order valence-corrected chi connectivity index (χ0v) is 19.6. The maximum Gasteiger partial charge on any atom is 0.419 e. The van der Waals surface area contributed by atoms with Crippen molar-refractivity contribution in [3.63, 3.8) is 0 Å². The van der Waals surface area contributed by atoms with Gasteiger partial charge in [-0.1, -0.05) is 12.1 Å². The molecule has 1 atom stereocenters. The van der Waals surface area contributed by atoms with Crippen LogP contribution in [0.2, 0.25) is 0 Å². The van der Waals surface area contributed by atoms with Crippen LogP contribution in [0.4, 0.5) is 19.0 Å². The number of carbonyl (C=O) groups is 1. The van der Waals surface area contributed by atoms with Gasteiger partial charge in [0.05, 0.1) is 19.8 Å². The molecule has 1 saturated heterocycles. The average Bonchev–Trinajstić information content (AvgIpc) is 2.87. The highest BCUT2D eigenvalue weighted by molar-refractivity contribution is 5.95. The topological polar surface area (TPSA) is 110 Å². The zero-order chi connectivity index (χ0) is 25.9. The number of anilines is 1. The SMILES string of the molecule is Cc1ccc(C2(C(F)(F)F)C=C(C(N)=O)C=CN2)cc1-c1cc(OCCO)nc(N2CCOCC2)c1. The number of ether oxygens (including phenoxy) is 2. The van der Waals surface area contributed by atoms with E-state index in [-0.39, 0.29) is 30.2 Å². The molecule has 4 N–H and O–H groups in total. The monoisotopic (exact) mass is 504 g/mol. The minimum Gasteiger partial charge on any atom is -0.475 e. The smallest absolute Gasteiger partial charge is 0.419 e. The number of carbonyl (C=O) groups excluding carboxylic acids is 1. The van der Waals surface area contributed by atoms with Crippen LogP contribution >= 0.6 is 0 Å². The highest BCUT2D eigenvalue weighted by Gasteiger charge is 2.55. The van der Waals surface area contributed by atoms with Gasteiger partial charge >= 0.3 is 6.18 Å². The lowest BCUT2D eigenvalue weighted by molar-refractivity contribution is -0.182. The molecule has 1 unspecified atom stereocenters. The molecule has 2 aliphatic heterocycles. The van der Waals surface area contributed by atoms with Gasteiger partial charge in [-0.25, -0.2) is 0 Å². The number of alkyl halides is 3. The van der Waals surface area contributed by atoms with E-state index in [4.69, 9.17) is 15.2 Å². The van der Waals surface area contributed by atoms with Crippen molar-refractivity contribution >= 4 is 11.7 Å². The third-order valence-electron chi connectivity index (χ3n) is 6.15. The molecule has 192 valence electrons. The number of benzene rings is 1. The molecule has 1 fully saturated rings. The van der Waals surface area contributed by atoms with E-state index in [9.17, 15) is 23.1 Å². The number of hydrogen-bond donors (Lipinski definition) is 3. The van der Waals surface area contributed by atoms with Gasteiger partial charge in [0.2, 0.25) is 11.8 Å². The summed E-state index contributed by atoms with van der Waals surface area (Å²) in [5, 5.41) is 11.6. The van der Waals surface area contributed by atoms with Crippen molar-refractivity contribution < 1.29 is 32.5 Å². The van der Waals surface area contributed by atoms with Crippen LogP contribution in [0.15, 0.2) is 54.3 Å². The molecule has 36 heavy (non-hydrogen) atoms. The third kappa shape index (κ3) is 5.02. The molecule has 0 radical (unpaired) electrons. The maximum absolute atomic E-state index is 14.5. The van der Waals surface area contributed by atoms with Crippen molar-refractivity contribution in [2.75, 3.05) is 44.4 Å². The molecule has 2 aliphatic rings. The predicted octanol–water partition coefficient (Wildman–Crippen LogP) is 2.55. The van der Waals surface area contributed by atoms with Gasteiger partial charge in [0.25, 0.3) is 0 Å². The molecule has 0 aliphatic carbocycles. The van der Waals surface area contributed by atoms with Crippen molar-refractivity contribution in [3.8, 4) is 17.0 Å². The number of morpholine rings is 1. The van der Waals surface area contributed by atoms with Gasteiger partial charge in [-0.05, 0) is 59.7 Å². The second-order valence-corrected chi connectivity index (χ2v) is 8.50.